The highest BCUT2D eigenvalue weighted by molar-refractivity contribution is 5.94. The first kappa shape index (κ1) is 16.5. The van der Waals surface area contributed by atoms with Crippen LogP contribution in [0.2, 0.25) is 0 Å². The molecule has 0 aliphatic carbocycles. The molecule has 3 N–H and O–H groups in total. The maximum Gasteiger partial charge on any atom is 0.314 e. The average molecular weight is 337 g/mol. The number of aryl methyl sites for hydroxylation is 1. The van der Waals surface area contributed by atoms with Gasteiger partial charge in [0.25, 0.3) is 0 Å². The van der Waals surface area contributed by atoms with Gasteiger partial charge in [0.05, 0.1) is 17.6 Å². The monoisotopic (exact) mass is 337 g/mol. The van der Waals surface area contributed by atoms with Crippen molar-refractivity contribution in [3.8, 4) is 11.4 Å². The van der Waals surface area contributed by atoms with Gasteiger partial charge < -0.3 is 20.5 Å². The summed E-state index contributed by atoms with van der Waals surface area (Å²) < 4.78 is 2.02. The normalized spacial score (nSPS) is 10.5. The first-order valence-electron chi connectivity index (χ1n) is 7.86. The number of fused-ring (bicyclic) bond motifs is 1. The summed E-state index contributed by atoms with van der Waals surface area (Å²) in [6, 6.07) is 15.0. The number of benzene rings is 2. The van der Waals surface area contributed by atoms with E-state index in [1.165, 1.54) is 7.05 Å². The molecule has 7 nitrogen and oxygen atoms in total. The van der Waals surface area contributed by atoms with E-state index in [0.29, 0.717) is 5.69 Å². The zero-order valence-electron chi connectivity index (χ0n) is 14.0. The Morgan fingerprint density at radius 2 is 1.92 bits per heavy atom. The lowest BCUT2D eigenvalue weighted by Crippen LogP contribution is -2.38. The molecule has 0 aliphatic rings. The maximum atomic E-state index is 11.9. The van der Waals surface area contributed by atoms with Crippen molar-refractivity contribution in [2.75, 3.05) is 18.9 Å². The SMILES string of the molecule is CNC(=O)NCC(=O)Nc1cccc(-c2nc3ccccc3n2C)c1. The number of urea groups is 1. The van der Waals surface area contributed by atoms with Crippen LogP contribution in [0.3, 0.4) is 0 Å². The number of nitrogens with zero attached hydrogens (tertiary/aromatic N) is 2. The Morgan fingerprint density at radius 1 is 1.12 bits per heavy atom. The molecular weight excluding hydrogens is 318 g/mol. The Bertz CT molecular complexity index is 932. The minimum absolute atomic E-state index is 0.101. The van der Waals surface area contributed by atoms with E-state index in [9.17, 15) is 9.59 Å². The van der Waals surface area contributed by atoms with Gasteiger partial charge in [-0.15, -0.1) is 0 Å². The third-order valence-electron chi connectivity index (χ3n) is 3.83. The summed E-state index contributed by atoms with van der Waals surface area (Å²) >= 11 is 0. The Morgan fingerprint density at radius 3 is 2.68 bits per heavy atom. The fourth-order valence-electron chi connectivity index (χ4n) is 2.59. The van der Waals surface area contributed by atoms with Crippen LogP contribution in [0.15, 0.2) is 48.5 Å². The lowest BCUT2D eigenvalue weighted by molar-refractivity contribution is -0.115. The van der Waals surface area contributed by atoms with E-state index >= 15 is 0 Å². The largest absolute Gasteiger partial charge is 0.341 e. The van der Waals surface area contributed by atoms with Crippen LogP contribution in [-0.2, 0) is 11.8 Å². The summed E-state index contributed by atoms with van der Waals surface area (Å²) in [5.41, 5.74) is 3.51. The summed E-state index contributed by atoms with van der Waals surface area (Å²) in [6.07, 6.45) is 0. The molecule has 0 fully saturated rings. The van der Waals surface area contributed by atoms with Gasteiger partial charge in [-0.2, -0.15) is 0 Å². The number of aromatic nitrogens is 2. The van der Waals surface area contributed by atoms with Crippen LogP contribution in [0, 0.1) is 0 Å². The maximum absolute atomic E-state index is 11.9. The molecule has 25 heavy (non-hydrogen) atoms. The van der Waals surface area contributed by atoms with Gasteiger partial charge in [0.2, 0.25) is 5.91 Å². The number of para-hydroxylation sites is 2. The van der Waals surface area contributed by atoms with Crippen molar-refractivity contribution in [1.82, 2.24) is 20.2 Å². The molecule has 0 radical (unpaired) electrons. The van der Waals surface area contributed by atoms with Gasteiger partial charge in [0.15, 0.2) is 0 Å². The van der Waals surface area contributed by atoms with Crippen molar-refractivity contribution in [3.63, 3.8) is 0 Å². The minimum atomic E-state index is -0.399. The van der Waals surface area contributed by atoms with E-state index in [4.69, 9.17) is 0 Å². The highest BCUT2D eigenvalue weighted by Gasteiger charge is 2.11. The Labute approximate surface area is 145 Å². The molecule has 0 spiro atoms. The number of imidazole rings is 1. The van der Waals surface area contributed by atoms with Crippen molar-refractivity contribution in [3.05, 3.63) is 48.5 Å². The van der Waals surface area contributed by atoms with Crippen molar-refractivity contribution in [2.24, 2.45) is 7.05 Å². The average Bonchev–Trinajstić information content (AvgIpc) is 2.97. The van der Waals surface area contributed by atoms with Crippen molar-refractivity contribution in [2.45, 2.75) is 0 Å². The zero-order valence-corrected chi connectivity index (χ0v) is 14.0. The number of rotatable bonds is 4. The molecule has 0 aliphatic heterocycles. The summed E-state index contributed by atoms with van der Waals surface area (Å²) in [5, 5.41) is 7.61. The molecule has 0 saturated heterocycles. The van der Waals surface area contributed by atoms with Crippen LogP contribution in [0.4, 0.5) is 10.5 Å². The Balaban J connectivity index is 1.80. The fraction of sp³-hybridized carbons (Fsp3) is 0.167. The second kappa shape index (κ2) is 7.04. The number of nitrogens with one attached hydrogen (secondary N) is 3. The molecule has 7 heteroatoms. The third kappa shape index (κ3) is 3.60. The molecule has 0 atom stereocenters. The van der Waals surface area contributed by atoms with Gasteiger partial charge in [-0.1, -0.05) is 24.3 Å². The second-order valence-electron chi connectivity index (χ2n) is 5.54. The molecule has 0 unspecified atom stereocenters. The van der Waals surface area contributed by atoms with E-state index in [1.807, 2.05) is 54.1 Å². The fourth-order valence-corrected chi connectivity index (χ4v) is 2.59. The molecule has 1 aromatic heterocycles. The molecule has 3 amide bonds. The number of carbonyl (C=O) groups is 2. The highest BCUT2D eigenvalue weighted by atomic mass is 16.2. The lowest BCUT2D eigenvalue weighted by Gasteiger charge is -2.08. The van der Waals surface area contributed by atoms with Gasteiger partial charge in [0.1, 0.15) is 5.82 Å². The number of hydrogen-bond donors (Lipinski definition) is 3. The summed E-state index contributed by atoms with van der Waals surface area (Å²) in [4.78, 5) is 27.7. The molecule has 1 heterocycles. The number of carbonyl (C=O) groups excluding carboxylic acids is 2. The summed E-state index contributed by atoms with van der Waals surface area (Å²) in [5.74, 6) is 0.520. The van der Waals surface area contributed by atoms with Crippen molar-refractivity contribution < 1.29 is 9.59 Å². The first-order valence-corrected chi connectivity index (χ1v) is 7.86. The Hall–Kier alpha value is -3.35. The molecule has 3 rings (SSSR count). The molecule has 0 bridgehead atoms. The number of hydrogen-bond acceptors (Lipinski definition) is 3. The van der Waals surface area contributed by atoms with E-state index < -0.39 is 6.03 Å². The topological polar surface area (TPSA) is 88.1 Å². The van der Waals surface area contributed by atoms with E-state index in [-0.39, 0.29) is 12.5 Å². The van der Waals surface area contributed by atoms with Gasteiger partial charge in [-0.3, -0.25) is 4.79 Å². The van der Waals surface area contributed by atoms with E-state index in [1.54, 1.807) is 6.07 Å². The van der Waals surface area contributed by atoms with Gasteiger partial charge in [0, 0.05) is 25.3 Å². The van der Waals surface area contributed by atoms with Crippen LogP contribution in [0.25, 0.3) is 22.4 Å². The second-order valence-corrected chi connectivity index (χ2v) is 5.54. The zero-order chi connectivity index (χ0) is 17.8. The van der Waals surface area contributed by atoms with Gasteiger partial charge in [-0.25, -0.2) is 9.78 Å². The smallest absolute Gasteiger partial charge is 0.314 e. The first-order chi connectivity index (χ1) is 12.1. The van der Waals surface area contributed by atoms with E-state index in [2.05, 4.69) is 20.9 Å². The van der Waals surface area contributed by atoms with Crippen molar-refractivity contribution >= 4 is 28.7 Å². The molecule has 3 aromatic rings. The molecular formula is C18H19N5O2. The van der Waals surface area contributed by atoms with Crippen LogP contribution >= 0.6 is 0 Å². The minimum Gasteiger partial charge on any atom is -0.341 e. The van der Waals surface area contributed by atoms with Crippen LogP contribution in [0.5, 0.6) is 0 Å². The highest BCUT2D eigenvalue weighted by Crippen LogP contribution is 2.25. The predicted molar refractivity (Wildman–Crippen MR) is 97.2 cm³/mol. The van der Waals surface area contributed by atoms with Gasteiger partial charge in [-0.05, 0) is 24.3 Å². The van der Waals surface area contributed by atoms with Gasteiger partial charge >= 0.3 is 6.03 Å². The lowest BCUT2D eigenvalue weighted by atomic mass is 10.2. The van der Waals surface area contributed by atoms with E-state index in [0.717, 1.165) is 22.4 Å². The third-order valence-corrected chi connectivity index (χ3v) is 3.83. The summed E-state index contributed by atoms with van der Waals surface area (Å²) in [6.45, 7) is -0.101. The molecule has 128 valence electrons. The van der Waals surface area contributed by atoms with Crippen LogP contribution in [-0.4, -0.2) is 35.1 Å². The quantitative estimate of drug-likeness (QED) is 0.681. The van der Waals surface area contributed by atoms with Crippen LogP contribution in [0.1, 0.15) is 0 Å². The Kier molecular flexibility index (Phi) is 4.65. The molecule has 2 aromatic carbocycles. The predicted octanol–water partition coefficient (Wildman–Crippen LogP) is 2.11. The standard InChI is InChI=1S/C18H19N5O2/c1-19-18(25)20-11-16(24)21-13-7-5-6-12(10-13)17-22-14-8-3-4-9-15(14)23(17)2/h3-10H,11H2,1-2H3,(H,21,24)(H2,19,20,25). The summed E-state index contributed by atoms with van der Waals surface area (Å²) in [7, 11) is 3.46. The van der Waals surface area contributed by atoms with Crippen LogP contribution < -0.4 is 16.0 Å². The van der Waals surface area contributed by atoms with Crippen molar-refractivity contribution in [1.29, 1.82) is 0 Å². The number of amides is 3. The molecule has 0 saturated carbocycles. The number of anilines is 1.